The van der Waals surface area contributed by atoms with Crippen LogP contribution in [-0.2, 0) is 5.41 Å². The van der Waals surface area contributed by atoms with Gasteiger partial charge < -0.3 is 10.4 Å². The number of carbonyl (C=O) groups is 1. The van der Waals surface area contributed by atoms with Crippen molar-refractivity contribution in [2.75, 3.05) is 5.32 Å². The zero-order valence-electron chi connectivity index (χ0n) is 14.3. The number of hydrogen-bond acceptors (Lipinski definition) is 5. The van der Waals surface area contributed by atoms with Crippen LogP contribution in [0.5, 0.6) is 5.75 Å². The number of para-hydroxylation sites is 1. The topological polar surface area (TPSA) is 88.0 Å². The molecule has 2 aromatic heterocycles. The van der Waals surface area contributed by atoms with E-state index in [9.17, 15) is 9.90 Å². The van der Waals surface area contributed by atoms with Gasteiger partial charge >= 0.3 is 0 Å². The zero-order chi connectivity index (χ0) is 18.7. The molecule has 26 heavy (non-hydrogen) atoms. The number of phenols is 1. The number of amides is 1. The molecule has 0 spiro atoms. The molecule has 7 heteroatoms. The lowest BCUT2D eigenvalue weighted by Crippen LogP contribution is -2.23. The highest BCUT2D eigenvalue weighted by atomic mass is 79.9. The molecule has 1 aromatic carbocycles. The molecule has 0 aliphatic carbocycles. The van der Waals surface area contributed by atoms with Gasteiger partial charge in [0.1, 0.15) is 17.4 Å². The van der Waals surface area contributed by atoms with E-state index < -0.39 is 5.41 Å². The Balaban J connectivity index is 1.82. The van der Waals surface area contributed by atoms with Crippen molar-refractivity contribution in [1.82, 2.24) is 15.0 Å². The largest absolute Gasteiger partial charge is 0.508 e. The van der Waals surface area contributed by atoms with Crippen molar-refractivity contribution in [3.05, 3.63) is 76.4 Å². The second kappa shape index (κ2) is 7.21. The van der Waals surface area contributed by atoms with Crippen LogP contribution in [0.15, 0.2) is 59.5 Å². The molecule has 0 bridgehead atoms. The molecule has 3 rings (SSSR count). The predicted molar refractivity (Wildman–Crippen MR) is 102 cm³/mol. The number of phenolic OH excluding ortho intramolecular Hbond substituents is 1. The zero-order valence-corrected chi connectivity index (χ0v) is 15.9. The van der Waals surface area contributed by atoms with Gasteiger partial charge in [0.25, 0.3) is 5.91 Å². The quantitative estimate of drug-likeness (QED) is 0.677. The third-order valence-electron chi connectivity index (χ3n) is 4.01. The summed E-state index contributed by atoms with van der Waals surface area (Å²) in [7, 11) is 0. The molecule has 0 fully saturated rings. The fourth-order valence-electron chi connectivity index (χ4n) is 2.55. The Kier molecular flexibility index (Phi) is 4.99. The van der Waals surface area contributed by atoms with Crippen LogP contribution in [-0.4, -0.2) is 26.0 Å². The van der Waals surface area contributed by atoms with Crippen molar-refractivity contribution in [2.45, 2.75) is 19.3 Å². The summed E-state index contributed by atoms with van der Waals surface area (Å²) in [6, 6.07) is 10.5. The lowest BCUT2D eigenvalue weighted by molar-refractivity contribution is 0.102. The number of pyridine rings is 1. The van der Waals surface area contributed by atoms with Crippen molar-refractivity contribution in [3.63, 3.8) is 0 Å². The molecule has 0 saturated carbocycles. The highest BCUT2D eigenvalue weighted by molar-refractivity contribution is 9.10. The maximum absolute atomic E-state index is 12.3. The van der Waals surface area contributed by atoms with Gasteiger partial charge in [0, 0.05) is 28.6 Å². The first-order valence-corrected chi connectivity index (χ1v) is 8.71. The van der Waals surface area contributed by atoms with Gasteiger partial charge in [-0.05, 0) is 32.0 Å². The average molecular weight is 413 g/mol. The van der Waals surface area contributed by atoms with Crippen LogP contribution in [0, 0.1) is 0 Å². The van der Waals surface area contributed by atoms with E-state index in [0.29, 0.717) is 17.2 Å². The molecule has 1 amide bonds. The summed E-state index contributed by atoms with van der Waals surface area (Å²) in [6.45, 7) is 3.84. The molecule has 2 heterocycles. The minimum Gasteiger partial charge on any atom is -0.508 e. The predicted octanol–water partition coefficient (Wildman–Crippen LogP) is 3.92. The van der Waals surface area contributed by atoms with Gasteiger partial charge in [-0.2, -0.15) is 0 Å². The van der Waals surface area contributed by atoms with Crippen molar-refractivity contribution in [2.24, 2.45) is 0 Å². The number of benzene rings is 1. The van der Waals surface area contributed by atoms with Gasteiger partial charge in [-0.3, -0.25) is 4.79 Å². The third kappa shape index (κ3) is 3.72. The van der Waals surface area contributed by atoms with Crippen LogP contribution in [0.25, 0.3) is 0 Å². The number of rotatable bonds is 4. The van der Waals surface area contributed by atoms with Gasteiger partial charge in [-0.15, -0.1) is 0 Å². The number of aromatic nitrogens is 3. The van der Waals surface area contributed by atoms with Crippen LogP contribution in [0.1, 0.15) is 35.6 Å². The SMILES string of the molecule is CC(C)(c1ncc(C(=O)Nc2cc(Br)ccn2)cn1)c1ccccc1O. The van der Waals surface area contributed by atoms with Crippen LogP contribution in [0.4, 0.5) is 5.82 Å². The summed E-state index contributed by atoms with van der Waals surface area (Å²) in [5.74, 6) is 0.783. The number of aromatic hydroxyl groups is 1. The Morgan fingerprint density at radius 1 is 1.12 bits per heavy atom. The van der Waals surface area contributed by atoms with Gasteiger partial charge in [-0.1, -0.05) is 34.1 Å². The standard InChI is InChI=1S/C19H17BrN4O2/c1-19(2,14-5-3-4-6-15(14)25)18-22-10-12(11-23-18)17(26)24-16-9-13(20)7-8-21-16/h3-11,25H,1-2H3,(H,21,24,26). The molecular weight excluding hydrogens is 396 g/mol. The summed E-state index contributed by atoms with van der Waals surface area (Å²) in [5.41, 5.74) is 0.436. The normalized spacial score (nSPS) is 11.2. The molecule has 0 saturated heterocycles. The maximum Gasteiger partial charge on any atom is 0.259 e. The molecule has 0 unspecified atom stereocenters. The number of anilines is 1. The lowest BCUT2D eigenvalue weighted by atomic mass is 9.83. The van der Waals surface area contributed by atoms with Gasteiger partial charge in [0.05, 0.1) is 11.0 Å². The maximum atomic E-state index is 12.3. The smallest absolute Gasteiger partial charge is 0.259 e. The monoisotopic (exact) mass is 412 g/mol. The van der Waals surface area contributed by atoms with E-state index >= 15 is 0 Å². The van der Waals surface area contributed by atoms with E-state index in [1.54, 1.807) is 30.5 Å². The van der Waals surface area contributed by atoms with Gasteiger partial charge in [0.2, 0.25) is 0 Å². The summed E-state index contributed by atoms with van der Waals surface area (Å²) < 4.78 is 0.818. The number of halogens is 1. The first-order valence-electron chi connectivity index (χ1n) is 7.92. The number of nitrogens with one attached hydrogen (secondary N) is 1. The highest BCUT2D eigenvalue weighted by Gasteiger charge is 2.29. The third-order valence-corrected chi connectivity index (χ3v) is 4.51. The van der Waals surface area contributed by atoms with E-state index in [1.807, 2.05) is 26.0 Å². The highest BCUT2D eigenvalue weighted by Crippen LogP contribution is 2.34. The first kappa shape index (κ1) is 18.0. The van der Waals surface area contributed by atoms with Crippen molar-refractivity contribution in [3.8, 4) is 5.75 Å². The number of carbonyl (C=O) groups excluding carboxylic acids is 1. The van der Waals surface area contributed by atoms with E-state index in [0.717, 1.165) is 10.0 Å². The second-order valence-electron chi connectivity index (χ2n) is 6.25. The number of nitrogens with zero attached hydrogens (tertiary/aromatic N) is 3. The molecule has 6 nitrogen and oxygen atoms in total. The van der Waals surface area contributed by atoms with Crippen LogP contribution < -0.4 is 5.32 Å². The van der Waals surface area contributed by atoms with Crippen molar-refractivity contribution >= 4 is 27.7 Å². The van der Waals surface area contributed by atoms with Crippen LogP contribution in [0.2, 0.25) is 0 Å². The van der Waals surface area contributed by atoms with E-state index in [-0.39, 0.29) is 11.7 Å². The van der Waals surface area contributed by atoms with Crippen LogP contribution >= 0.6 is 15.9 Å². The Hall–Kier alpha value is -2.80. The Morgan fingerprint density at radius 3 is 2.46 bits per heavy atom. The van der Waals surface area contributed by atoms with Gasteiger partial charge in [0.15, 0.2) is 0 Å². The Labute approximate surface area is 159 Å². The summed E-state index contributed by atoms with van der Waals surface area (Å²) in [5, 5.41) is 12.8. The molecule has 132 valence electrons. The summed E-state index contributed by atoms with van der Waals surface area (Å²) >= 11 is 3.33. The molecule has 0 aliphatic rings. The van der Waals surface area contributed by atoms with Crippen molar-refractivity contribution < 1.29 is 9.90 Å². The molecule has 0 radical (unpaired) electrons. The number of hydrogen-bond donors (Lipinski definition) is 2. The van der Waals surface area contributed by atoms with Gasteiger partial charge in [-0.25, -0.2) is 15.0 Å². The molecule has 0 aliphatic heterocycles. The summed E-state index contributed by atoms with van der Waals surface area (Å²) in [4.78, 5) is 25.1. The van der Waals surface area contributed by atoms with E-state index in [2.05, 4.69) is 36.2 Å². The molecule has 3 aromatic rings. The Morgan fingerprint density at radius 2 is 1.81 bits per heavy atom. The molecule has 0 atom stereocenters. The lowest BCUT2D eigenvalue weighted by Gasteiger charge is -2.24. The second-order valence-corrected chi connectivity index (χ2v) is 7.17. The average Bonchev–Trinajstić information content (AvgIpc) is 2.62. The fourth-order valence-corrected chi connectivity index (χ4v) is 2.89. The minimum absolute atomic E-state index is 0.184. The first-order chi connectivity index (χ1) is 12.4. The fraction of sp³-hybridized carbons (Fsp3) is 0.158. The van der Waals surface area contributed by atoms with E-state index in [4.69, 9.17) is 0 Å². The molecule has 2 N–H and O–H groups in total. The van der Waals surface area contributed by atoms with Crippen molar-refractivity contribution in [1.29, 1.82) is 0 Å². The summed E-state index contributed by atoms with van der Waals surface area (Å²) in [6.07, 6.45) is 4.53. The minimum atomic E-state index is -0.605. The Bertz CT molecular complexity index is 942. The molecular formula is C19H17BrN4O2. The van der Waals surface area contributed by atoms with Crippen LogP contribution in [0.3, 0.4) is 0 Å². The van der Waals surface area contributed by atoms with E-state index in [1.165, 1.54) is 12.4 Å².